The van der Waals surface area contributed by atoms with Gasteiger partial charge in [0.15, 0.2) is 0 Å². The lowest BCUT2D eigenvalue weighted by Gasteiger charge is -2.24. The van der Waals surface area contributed by atoms with E-state index < -0.39 is 0 Å². The lowest BCUT2D eigenvalue weighted by molar-refractivity contribution is 0.354. The van der Waals surface area contributed by atoms with Gasteiger partial charge in [0.05, 0.1) is 0 Å². The first kappa shape index (κ1) is 12.3. The van der Waals surface area contributed by atoms with E-state index in [1.165, 1.54) is 19.3 Å². The first-order valence-electron chi connectivity index (χ1n) is 5.16. The molecule has 1 heteroatoms. The molecule has 0 saturated carbocycles. The van der Waals surface area contributed by atoms with Gasteiger partial charge < -0.3 is 0 Å². The predicted octanol–water partition coefficient (Wildman–Crippen LogP) is 4.20. The van der Waals surface area contributed by atoms with Crippen LogP contribution < -0.4 is 0 Å². The molecule has 0 saturated heterocycles. The molecule has 3 unspecified atom stereocenters. The van der Waals surface area contributed by atoms with Crippen LogP contribution in [0.25, 0.3) is 0 Å². The third-order valence-electron chi connectivity index (χ3n) is 3.02. The Balaban J connectivity index is 3.67. The molecule has 0 radical (unpaired) electrons. The zero-order valence-electron chi connectivity index (χ0n) is 9.26. The second-order valence-corrected chi connectivity index (χ2v) is 5.13. The minimum atomic E-state index is 0.817. The highest BCUT2D eigenvalue weighted by molar-refractivity contribution is 7.99. The molecule has 12 heavy (non-hydrogen) atoms. The van der Waals surface area contributed by atoms with Gasteiger partial charge in [-0.1, -0.05) is 47.0 Å². The fourth-order valence-corrected chi connectivity index (χ4v) is 2.16. The van der Waals surface area contributed by atoms with Crippen LogP contribution in [0.1, 0.15) is 47.0 Å². The Morgan fingerprint density at radius 1 is 1.17 bits per heavy atom. The van der Waals surface area contributed by atoms with Crippen LogP contribution in [0.3, 0.4) is 0 Å². The van der Waals surface area contributed by atoms with Crippen molar-refractivity contribution < 1.29 is 0 Å². The average molecular weight is 188 g/mol. The number of unbranched alkanes of at least 4 members (excludes halogenated alkanes) is 1. The van der Waals surface area contributed by atoms with Gasteiger partial charge in [0.2, 0.25) is 0 Å². The van der Waals surface area contributed by atoms with Gasteiger partial charge in [-0.05, 0) is 18.1 Å². The van der Waals surface area contributed by atoms with Crippen molar-refractivity contribution in [2.24, 2.45) is 11.8 Å². The maximum Gasteiger partial charge on any atom is 0.00441 e. The van der Waals surface area contributed by atoms with Crippen molar-refractivity contribution in [3.8, 4) is 0 Å². The van der Waals surface area contributed by atoms with E-state index in [1.54, 1.807) is 0 Å². The molecule has 0 nitrogen and oxygen atoms in total. The molecule has 0 aromatic carbocycles. The molecular weight excluding hydrogens is 164 g/mol. The van der Waals surface area contributed by atoms with Crippen LogP contribution >= 0.6 is 11.8 Å². The van der Waals surface area contributed by atoms with Crippen LogP contribution in [0.2, 0.25) is 0 Å². The summed E-state index contributed by atoms with van der Waals surface area (Å²) in [6.45, 7) is 9.40. The molecule has 0 rings (SSSR count). The second kappa shape index (κ2) is 6.82. The SMILES string of the molecule is CCCCC(C)C(C)C(C)SC. The number of thioether (sulfide) groups is 1. The number of hydrogen-bond donors (Lipinski definition) is 0. The molecular formula is C11H24S. The van der Waals surface area contributed by atoms with Gasteiger partial charge in [-0.3, -0.25) is 0 Å². The third kappa shape index (κ3) is 4.39. The van der Waals surface area contributed by atoms with Gasteiger partial charge in [0.1, 0.15) is 0 Å². The highest BCUT2D eigenvalue weighted by Gasteiger charge is 2.17. The predicted molar refractivity (Wildman–Crippen MR) is 60.8 cm³/mol. The quantitative estimate of drug-likeness (QED) is 0.602. The van der Waals surface area contributed by atoms with Crippen molar-refractivity contribution in [1.82, 2.24) is 0 Å². The minimum Gasteiger partial charge on any atom is -0.162 e. The van der Waals surface area contributed by atoms with E-state index in [0.717, 1.165) is 17.1 Å². The second-order valence-electron chi connectivity index (χ2n) is 3.92. The first-order valence-corrected chi connectivity index (χ1v) is 6.45. The van der Waals surface area contributed by atoms with Crippen LogP contribution in [-0.2, 0) is 0 Å². The van der Waals surface area contributed by atoms with Crippen molar-refractivity contribution in [3.63, 3.8) is 0 Å². The maximum absolute atomic E-state index is 2.40. The zero-order chi connectivity index (χ0) is 9.56. The van der Waals surface area contributed by atoms with Crippen molar-refractivity contribution >= 4 is 11.8 Å². The van der Waals surface area contributed by atoms with Crippen LogP contribution in [-0.4, -0.2) is 11.5 Å². The van der Waals surface area contributed by atoms with Gasteiger partial charge in [-0.2, -0.15) is 11.8 Å². The van der Waals surface area contributed by atoms with E-state index in [0.29, 0.717) is 0 Å². The summed E-state index contributed by atoms with van der Waals surface area (Å²) >= 11 is 1.99. The fraction of sp³-hybridized carbons (Fsp3) is 1.00. The molecule has 0 spiro atoms. The van der Waals surface area contributed by atoms with Crippen molar-refractivity contribution in [3.05, 3.63) is 0 Å². The molecule has 3 atom stereocenters. The molecule has 0 aromatic heterocycles. The molecule has 74 valence electrons. The molecule has 0 heterocycles. The first-order chi connectivity index (χ1) is 5.63. The van der Waals surface area contributed by atoms with E-state index >= 15 is 0 Å². The van der Waals surface area contributed by atoms with E-state index in [2.05, 4.69) is 34.0 Å². The van der Waals surface area contributed by atoms with E-state index in [4.69, 9.17) is 0 Å². The Morgan fingerprint density at radius 3 is 2.17 bits per heavy atom. The zero-order valence-corrected chi connectivity index (χ0v) is 10.1. The van der Waals surface area contributed by atoms with Crippen LogP contribution in [0.5, 0.6) is 0 Å². The van der Waals surface area contributed by atoms with Crippen LogP contribution in [0.15, 0.2) is 0 Å². The summed E-state index contributed by atoms with van der Waals surface area (Å²) in [5, 5.41) is 0.817. The van der Waals surface area contributed by atoms with Gasteiger partial charge >= 0.3 is 0 Å². The van der Waals surface area contributed by atoms with E-state index in [-0.39, 0.29) is 0 Å². The fourth-order valence-electron chi connectivity index (χ4n) is 1.47. The Kier molecular flexibility index (Phi) is 7.02. The van der Waals surface area contributed by atoms with Crippen LogP contribution in [0, 0.1) is 11.8 Å². The maximum atomic E-state index is 2.40. The topological polar surface area (TPSA) is 0 Å². The molecule has 0 aliphatic carbocycles. The summed E-state index contributed by atoms with van der Waals surface area (Å²) in [4.78, 5) is 0. The average Bonchev–Trinajstić information content (AvgIpc) is 2.11. The number of rotatable bonds is 6. The summed E-state index contributed by atoms with van der Waals surface area (Å²) in [6, 6.07) is 0. The largest absolute Gasteiger partial charge is 0.162 e. The van der Waals surface area contributed by atoms with Crippen molar-refractivity contribution in [2.45, 2.75) is 52.2 Å². The summed E-state index contributed by atoms with van der Waals surface area (Å²) in [5.41, 5.74) is 0. The smallest absolute Gasteiger partial charge is 0.00441 e. The van der Waals surface area contributed by atoms with Gasteiger partial charge in [0.25, 0.3) is 0 Å². The monoisotopic (exact) mass is 188 g/mol. The molecule has 0 amide bonds. The standard InChI is InChI=1S/C11H24S/c1-6-7-8-9(2)10(3)11(4)12-5/h9-11H,6-8H2,1-5H3. The number of hydrogen-bond acceptors (Lipinski definition) is 1. The molecule has 0 N–H and O–H groups in total. The van der Waals surface area contributed by atoms with Gasteiger partial charge in [0, 0.05) is 5.25 Å². The minimum absolute atomic E-state index is 0.817. The highest BCUT2D eigenvalue weighted by Crippen LogP contribution is 2.26. The molecule has 0 bridgehead atoms. The van der Waals surface area contributed by atoms with Crippen molar-refractivity contribution in [1.29, 1.82) is 0 Å². The summed E-state index contributed by atoms with van der Waals surface area (Å²) in [6.07, 6.45) is 6.35. The molecule has 0 aliphatic heterocycles. The summed E-state index contributed by atoms with van der Waals surface area (Å²) in [5.74, 6) is 1.76. The Labute approximate surface area is 82.5 Å². The third-order valence-corrected chi connectivity index (χ3v) is 4.20. The Bertz CT molecular complexity index is 101. The summed E-state index contributed by atoms with van der Waals surface area (Å²) < 4.78 is 0. The van der Waals surface area contributed by atoms with E-state index in [1.807, 2.05) is 11.8 Å². The lowest BCUT2D eigenvalue weighted by Crippen LogP contribution is -2.18. The van der Waals surface area contributed by atoms with Gasteiger partial charge in [-0.15, -0.1) is 0 Å². The van der Waals surface area contributed by atoms with Gasteiger partial charge in [-0.25, -0.2) is 0 Å². The Hall–Kier alpha value is 0.350. The Morgan fingerprint density at radius 2 is 1.75 bits per heavy atom. The van der Waals surface area contributed by atoms with Crippen molar-refractivity contribution in [2.75, 3.05) is 6.26 Å². The summed E-state index contributed by atoms with van der Waals surface area (Å²) in [7, 11) is 0. The van der Waals surface area contributed by atoms with Crippen LogP contribution in [0.4, 0.5) is 0 Å². The highest BCUT2D eigenvalue weighted by atomic mass is 32.2. The molecule has 0 aliphatic rings. The molecule has 0 fully saturated rings. The molecule has 0 aromatic rings. The lowest BCUT2D eigenvalue weighted by atomic mass is 9.89. The normalized spacial score (nSPS) is 18.8. The van der Waals surface area contributed by atoms with E-state index in [9.17, 15) is 0 Å².